The van der Waals surface area contributed by atoms with Gasteiger partial charge in [-0.15, -0.1) is 0 Å². The number of esters is 1. The molecule has 0 radical (unpaired) electrons. The molecule has 1 heterocycles. The molecule has 1 aromatic carbocycles. The number of benzene rings is 1. The van der Waals surface area contributed by atoms with E-state index in [4.69, 9.17) is 23.2 Å². The molecular formula is C9H6Cl2N2O2. The van der Waals surface area contributed by atoms with Gasteiger partial charge >= 0.3 is 5.97 Å². The molecule has 0 amide bonds. The molecular weight excluding hydrogens is 239 g/mol. The SMILES string of the molecule is COC(=O)c1[nH]nc2c(Cl)ccc(Cl)c12. The number of rotatable bonds is 1. The number of hydrogen-bond donors (Lipinski definition) is 1. The predicted octanol–water partition coefficient (Wildman–Crippen LogP) is 2.66. The van der Waals surface area contributed by atoms with Crippen molar-refractivity contribution in [3.8, 4) is 0 Å². The van der Waals surface area contributed by atoms with Crippen LogP contribution >= 0.6 is 23.2 Å². The molecule has 4 nitrogen and oxygen atoms in total. The third-order valence-corrected chi connectivity index (χ3v) is 2.62. The van der Waals surface area contributed by atoms with E-state index in [9.17, 15) is 4.79 Å². The zero-order valence-corrected chi connectivity index (χ0v) is 9.19. The van der Waals surface area contributed by atoms with Crippen molar-refractivity contribution in [2.75, 3.05) is 7.11 Å². The Balaban J connectivity index is 2.79. The first-order chi connectivity index (χ1) is 7.15. The van der Waals surface area contributed by atoms with Gasteiger partial charge in [-0.3, -0.25) is 5.10 Å². The lowest BCUT2D eigenvalue weighted by atomic mass is 10.2. The van der Waals surface area contributed by atoms with Gasteiger partial charge in [-0.2, -0.15) is 5.10 Å². The van der Waals surface area contributed by atoms with Crippen LogP contribution in [-0.2, 0) is 4.74 Å². The molecule has 6 heteroatoms. The normalized spacial score (nSPS) is 10.6. The quantitative estimate of drug-likeness (QED) is 0.785. The number of H-pyrrole nitrogens is 1. The minimum atomic E-state index is -0.526. The summed E-state index contributed by atoms with van der Waals surface area (Å²) in [6.45, 7) is 0. The number of halogens is 2. The van der Waals surface area contributed by atoms with Gasteiger partial charge in [0.05, 0.1) is 22.5 Å². The molecule has 2 rings (SSSR count). The first-order valence-corrected chi connectivity index (χ1v) is 4.81. The third-order valence-electron chi connectivity index (χ3n) is 2.00. The third kappa shape index (κ3) is 1.56. The monoisotopic (exact) mass is 244 g/mol. The van der Waals surface area contributed by atoms with E-state index in [0.717, 1.165) is 0 Å². The van der Waals surface area contributed by atoms with Crippen LogP contribution in [0.3, 0.4) is 0 Å². The number of hydrogen-bond acceptors (Lipinski definition) is 3. The summed E-state index contributed by atoms with van der Waals surface area (Å²) in [5.41, 5.74) is 0.671. The van der Waals surface area contributed by atoms with E-state index in [1.807, 2.05) is 0 Å². The van der Waals surface area contributed by atoms with E-state index in [0.29, 0.717) is 20.9 Å². The number of ether oxygens (including phenoxy) is 1. The highest BCUT2D eigenvalue weighted by Crippen LogP contribution is 2.30. The fourth-order valence-electron chi connectivity index (χ4n) is 1.31. The fourth-order valence-corrected chi connectivity index (χ4v) is 1.75. The Bertz CT molecular complexity index is 536. The van der Waals surface area contributed by atoms with Gasteiger partial charge in [-0.25, -0.2) is 4.79 Å². The van der Waals surface area contributed by atoms with Crippen molar-refractivity contribution in [3.63, 3.8) is 0 Å². The Morgan fingerprint density at radius 2 is 2.07 bits per heavy atom. The number of nitrogens with one attached hydrogen (secondary N) is 1. The van der Waals surface area contributed by atoms with Crippen LogP contribution in [0.4, 0.5) is 0 Å². The number of nitrogens with zero attached hydrogens (tertiary/aromatic N) is 1. The van der Waals surface area contributed by atoms with Gasteiger partial charge in [0, 0.05) is 0 Å². The van der Waals surface area contributed by atoms with Crippen molar-refractivity contribution in [1.82, 2.24) is 10.2 Å². The molecule has 0 unspecified atom stereocenters. The molecule has 0 fully saturated rings. The Hall–Kier alpha value is -1.26. The number of aromatic amines is 1. The minimum absolute atomic E-state index is 0.208. The van der Waals surface area contributed by atoms with Gasteiger partial charge in [0.25, 0.3) is 0 Å². The standard InChI is InChI=1S/C9H6Cl2N2O2/c1-15-9(14)8-6-4(10)2-3-5(11)7(6)12-13-8/h2-3H,1H3,(H,12,13). The maximum Gasteiger partial charge on any atom is 0.356 e. The van der Waals surface area contributed by atoms with Crippen molar-refractivity contribution < 1.29 is 9.53 Å². The molecule has 0 saturated heterocycles. The molecule has 1 aromatic heterocycles. The first kappa shape index (κ1) is 10.3. The molecule has 0 saturated carbocycles. The van der Waals surface area contributed by atoms with Crippen molar-refractivity contribution in [2.45, 2.75) is 0 Å². The molecule has 0 spiro atoms. The first-order valence-electron chi connectivity index (χ1n) is 4.05. The highest BCUT2D eigenvalue weighted by Gasteiger charge is 2.17. The van der Waals surface area contributed by atoms with E-state index >= 15 is 0 Å². The molecule has 0 aliphatic heterocycles. The van der Waals surface area contributed by atoms with Gasteiger partial charge in [-0.1, -0.05) is 23.2 Å². The predicted molar refractivity (Wildman–Crippen MR) is 57.5 cm³/mol. The summed E-state index contributed by atoms with van der Waals surface area (Å²) in [5.74, 6) is -0.526. The number of carbonyl (C=O) groups excluding carboxylic acids is 1. The average Bonchev–Trinajstić information content (AvgIpc) is 2.68. The van der Waals surface area contributed by atoms with E-state index in [-0.39, 0.29) is 5.69 Å². The van der Waals surface area contributed by atoms with Crippen LogP contribution in [0.2, 0.25) is 10.0 Å². The van der Waals surface area contributed by atoms with Crippen molar-refractivity contribution in [3.05, 3.63) is 27.9 Å². The van der Waals surface area contributed by atoms with Crippen LogP contribution in [0.25, 0.3) is 10.9 Å². The molecule has 78 valence electrons. The van der Waals surface area contributed by atoms with Crippen LogP contribution in [0.1, 0.15) is 10.5 Å². The van der Waals surface area contributed by atoms with Gasteiger partial charge in [0.2, 0.25) is 0 Å². The molecule has 2 aromatic rings. The smallest absolute Gasteiger partial charge is 0.356 e. The van der Waals surface area contributed by atoms with E-state index in [2.05, 4.69) is 14.9 Å². The summed E-state index contributed by atoms with van der Waals surface area (Å²) in [6, 6.07) is 3.22. The maximum atomic E-state index is 11.4. The molecule has 1 N–H and O–H groups in total. The Labute approximate surface area is 95.1 Å². The summed E-state index contributed by atoms with van der Waals surface area (Å²) < 4.78 is 4.59. The second-order valence-electron chi connectivity index (χ2n) is 2.84. The van der Waals surface area contributed by atoms with Crippen molar-refractivity contribution >= 4 is 40.1 Å². The molecule has 15 heavy (non-hydrogen) atoms. The Morgan fingerprint density at radius 3 is 2.73 bits per heavy atom. The van der Waals surface area contributed by atoms with Crippen molar-refractivity contribution in [1.29, 1.82) is 0 Å². The van der Waals surface area contributed by atoms with Crippen LogP contribution < -0.4 is 0 Å². The second kappa shape index (κ2) is 3.72. The van der Waals surface area contributed by atoms with Gasteiger partial charge in [0.15, 0.2) is 5.69 Å². The van der Waals surface area contributed by atoms with E-state index < -0.39 is 5.97 Å². The topological polar surface area (TPSA) is 55.0 Å². The highest BCUT2D eigenvalue weighted by atomic mass is 35.5. The minimum Gasteiger partial charge on any atom is -0.464 e. The van der Waals surface area contributed by atoms with Crippen LogP contribution in [0.15, 0.2) is 12.1 Å². The van der Waals surface area contributed by atoms with Gasteiger partial charge < -0.3 is 4.74 Å². The fraction of sp³-hybridized carbons (Fsp3) is 0.111. The zero-order valence-electron chi connectivity index (χ0n) is 7.67. The summed E-state index contributed by atoms with van der Waals surface area (Å²) in [7, 11) is 1.29. The van der Waals surface area contributed by atoms with Crippen LogP contribution in [0, 0.1) is 0 Å². The van der Waals surface area contributed by atoms with Gasteiger partial charge in [0.1, 0.15) is 5.52 Å². The van der Waals surface area contributed by atoms with E-state index in [1.54, 1.807) is 12.1 Å². The largest absolute Gasteiger partial charge is 0.464 e. The number of fused-ring (bicyclic) bond motifs is 1. The lowest BCUT2D eigenvalue weighted by Gasteiger charge is -1.98. The van der Waals surface area contributed by atoms with Gasteiger partial charge in [-0.05, 0) is 12.1 Å². The summed E-state index contributed by atoms with van der Waals surface area (Å²) in [6.07, 6.45) is 0. The van der Waals surface area contributed by atoms with Crippen LogP contribution in [0.5, 0.6) is 0 Å². The van der Waals surface area contributed by atoms with E-state index in [1.165, 1.54) is 7.11 Å². The Kier molecular flexibility index (Phi) is 2.54. The molecule has 0 aliphatic rings. The number of aromatic nitrogens is 2. The number of methoxy groups -OCH3 is 1. The zero-order chi connectivity index (χ0) is 11.0. The summed E-state index contributed by atoms with van der Waals surface area (Å²) >= 11 is 11.8. The molecule has 0 atom stereocenters. The summed E-state index contributed by atoms with van der Waals surface area (Å²) in [5, 5.41) is 7.78. The molecule has 0 aliphatic carbocycles. The molecule has 0 bridgehead atoms. The highest BCUT2D eigenvalue weighted by molar-refractivity contribution is 6.40. The van der Waals surface area contributed by atoms with Crippen LogP contribution in [-0.4, -0.2) is 23.3 Å². The second-order valence-corrected chi connectivity index (χ2v) is 3.66. The average molecular weight is 245 g/mol. The maximum absolute atomic E-state index is 11.4. The lowest BCUT2D eigenvalue weighted by molar-refractivity contribution is 0.0596. The lowest BCUT2D eigenvalue weighted by Crippen LogP contribution is -2.02. The summed E-state index contributed by atoms with van der Waals surface area (Å²) in [4.78, 5) is 11.4. The van der Waals surface area contributed by atoms with Crippen molar-refractivity contribution in [2.24, 2.45) is 0 Å². The Morgan fingerprint density at radius 1 is 1.40 bits per heavy atom. The number of carbonyl (C=O) groups is 1.